The van der Waals surface area contributed by atoms with Crippen LogP contribution in [0, 0.1) is 0 Å². The highest BCUT2D eigenvalue weighted by Crippen LogP contribution is 2.44. The topological polar surface area (TPSA) is 47.0 Å². The lowest BCUT2D eigenvalue weighted by atomic mass is 10.0. The van der Waals surface area contributed by atoms with E-state index in [1.54, 1.807) is 18.2 Å². The minimum atomic E-state index is -3.44. The smallest absolute Gasteiger partial charge is 0.207 e. The lowest BCUT2D eigenvalue weighted by Crippen LogP contribution is -2.57. The van der Waals surface area contributed by atoms with Crippen molar-refractivity contribution in [3.8, 4) is 22.4 Å². The molecule has 1 aromatic heterocycles. The summed E-state index contributed by atoms with van der Waals surface area (Å²) in [4.78, 5) is 5.62. The van der Waals surface area contributed by atoms with Crippen LogP contribution in [0.2, 0.25) is 39.3 Å². The van der Waals surface area contributed by atoms with Crippen molar-refractivity contribution in [3.63, 3.8) is 0 Å². The van der Waals surface area contributed by atoms with Crippen LogP contribution in [-0.2, 0) is 9.84 Å². The molecule has 2 aromatic carbocycles. The first-order chi connectivity index (χ1) is 13.4. The Bertz CT molecular complexity index is 1240. The molecule has 0 bridgehead atoms. The number of hydrogen-bond donors (Lipinski definition) is 0. The number of rotatable bonds is 3. The fourth-order valence-electron chi connectivity index (χ4n) is 4.23. The predicted octanol–water partition coefficient (Wildman–Crippen LogP) is 4.65. The molecule has 0 N–H and O–H groups in total. The molecule has 3 aromatic rings. The van der Waals surface area contributed by atoms with E-state index in [0.717, 1.165) is 22.4 Å². The van der Waals surface area contributed by atoms with Gasteiger partial charge in [-0.25, -0.2) is 8.42 Å². The van der Waals surface area contributed by atoms with Gasteiger partial charge in [0.05, 0.1) is 31.6 Å². The SMILES string of the molecule is C[Si](C)(C)c1ccnc(-c2ccc3c(c2)-c2ccccc2S3(=O)=O)c1[Si](C)(C)C. The van der Waals surface area contributed by atoms with Crippen molar-refractivity contribution in [1.29, 1.82) is 0 Å². The Morgan fingerprint density at radius 1 is 0.759 bits per heavy atom. The molecule has 1 aliphatic rings. The molecule has 2 heterocycles. The molecular formula is C23H27NO2SSi2. The Morgan fingerprint density at radius 2 is 1.41 bits per heavy atom. The molecular weight excluding hydrogens is 410 g/mol. The van der Waals surface area contributed by atoms with E-state index in [2.05, 4.69) is 45.3 Å². The monoisotopic (exact) mass is 437 g/mol. The Morgan fingerprint density at radius 3 is 2.07 bits per heavy atom. The van der Waals surface area contributed by atoms with Crippen LogP contribution in [0.3, 0.4) is 0 Å². The molecule has 1 aliphatic heterocycles. The largest absolute Gasteiger partial charge is 0.256 e. The van der Waals surface area contributed by atoms with Gasteiger partial charge in [-0.15, -0.1) is 0 Å². The molecule has 0 aliphatic carbocycles. The fraction of sp³-hybridized carbons (Fsp3) is 0.261. The number of aromatic nitrogens is 1. The van der Waals surface area contributed by atoms with E-state index in [0.29, 0.717) is 9.79 Å². The molecule has 29 heavy (non-hydrogen) atoms. The van der Waals surface area contributed by atoms with Gasteiger partial charge < -0.3 is 0 Å². The van der Waals surface area contributed by atoms with Gasteiger partial charge in [0.1, 0.15) is 0 Å². The zero-order valence-electron chi connectivity index (χ0n) is 17.9. The van der Waals surface area contributed by atoms with Crippen molar-refractivity contribution in [3.05, 3.63) is 54.7 Å². The van der Waals surface area contributed by atoms with Crippen molar-refractivity contribution in [2.45, 2.75) is 49.1 Å². The number of nitrogens with zero attached hydrogens (tertiary/aromatic N) is 1. The van der Waals surface area contributed by atoms with Gasteiger partial charge in [0.15, 0.2) is 0 Å². The Balaban J connectivity index is 2.01. The van der Waals surface area contributed by atoms with Gasteiger partial charge in [0.2, 0.25) is 9.84 Å². The summed E-state index contributed by atoms with van der Waals surface area (Å²) in [6.07, 6.45) is 1.92. The average molecular weight is 438 g/mol. The first-order valence-electron chi connectivity index (χ1n) is 9.91. The molecule has 3 nitrogen and oxygen atoms in total. The third-order valence-electron chi connectivity index (χ3n) is 5.52. The van der Waals surface area contributed by atoms with E-state index < -0.39 is 26.0 Å². The van der Waals surface area contributed by atoms with E-state index in [1.165, 1.54) is 10.4 Å². The standard InChI is InChI=1S/C23H27NO2SSi2/c1-28(2,3)21-13-14-24-22(23(21)29(4,5)6)16-11-12-20-18(15-16)17-9-7-8-10-19(17)27(20,25)26/h7-15H,1-6H3. The molecule has 0 amide bonds. The summed E-state index contributed by atoms with van der Waals surface area (Å²) in [5.41, 5.74) is 3.61. The highest BCUT2D eigenvalue weighted by molar-refractivity contribution is 7.92. The number of hydrogen-bond acceptors (Lipinski definition) is 3. The van der Waals surface area contributed by atoms with Crippen LogP contribution in [0.1, 0.15) is 0 Å². The number of benzene rings is 2. The van der Waals surface area contributed by atoms with Crippen LogP contribution in [0.25, 0.3) is 22.4 Å². The van der Waals surface area contributed by atoms with Crippen LogP contribution in [0.4, 0.5) is 0 Å². The van der Waals surface area contributed by atoms with Crippen LogP contribution < -0.4 is 10.4 Å². The van der Waals surface area contributed by atoms with Crippen molar-refractivity contribution < 1.29 is 8.42 Å². The fourth-order valence-corrected chi connectivity index (χ4v) is 11.4. The van der Waals surface area contributed by atoms with Gasteiger partial charge in [-0.05, 0) is 29.5 Å². The normalized spacial score (nSPS) is 15.1. The van der Waals surface area contributed by atoms with Gasteiger partial charge in [0.25, 0.3) is 0 Å². The highest BCUT2D eigenvalue weighted by Gasteiger charge is 2.34. The van der Waals surface area contributed by atoms with Crippen LogP contribution >= 0.6 is 0 Å². The van der Waals surface area contributed by atoms with Gasteiger partial charge in [-0.1, -0.05) is 68.7 Å². The zero-order chi connectivity index (χ0) is 21.2. The summed E-state index contributed by atoms with van der Waals surface area (Å²) >= 11 is 0. The summed E-state index contributed by atoms with van der Waals surface area (Å²) in [7, 11) is -6.68. The van der Waals surface area contributed by atoms with Gasteiger partial charge in [0, 0.05) is 22.9 Å². The second-order valence-electron chi connectivity index (χ2n) is 9.79. The minimum Gasteiger partial charge on any atom is -0.256 e. The molecule has 0 saturated heterocycles. The first kappa shape index (κ1) is 20.3. The van der Waals surface area contributed by atoms with E-state index in [4.69, 9.17) is 4.98 Å². The second-order valence-corrected chi connectivity index (χ2v) is 21.7. The van der Waals surface area contributed by atoms with Gasteiger partial charge >= 0.3 is 0 Å². The number of sulfone groups is 1. The maximum Gasteiger partial charge on any atom is 0.207 e. The second kappa shape index (κ2) is 6.49. The Hall–Kier alpha value is -2.03. The van der Waals surface area contributed by atoms with Crippen molar-refractivity contribution in [1.82, 2.24) is 4.98 Å². The van der Waals surface area contributed by atoms with Gasteiger partial charge in [-0.2, -0.15) is 0 Å². The summed E-state index contributed by atoms with van der Waals surface area (Å²) < 4.78 is 25.9. The molecule has 0 spiro atoms. The zero-order valence-corrected chi connectivity index (χ0v) is 20.7. The maximum atomic E-state index is 12.9. The van der Waals surface area contributed by atoms with Crippen molar-refractivity contribution in [2.75, 3.05) is 0 Å². The molecule has 0 atom stereocenters. The molecule has 0 unspecified atom stereocenters. The maximum absolute atomic E-state index is 12.9. The lowest BCUT2D eigenvalue weighted by Gasteiger charge is -2.30. The van der Waals surface area contributed by atoms with Gasteiger partial charge in [-0.3, -0.25) is 4.98 Å². The Kier molecular flexibility index (Phi) is 4.53. The highest BCUT2D eigenvalue weighted by atomic mass is 32.2. The quantitative estimate of drug-likeness (QED) is 0.438. The van der Waals surface area contributed by atoms with Crippen molar-refractivity contribution in [2.24, 2.45) is 0 Å². The first-order valence-corrected chi connectivity index (χ1v) is 18.4. The third kappa shape index (κ3) is 3.23. The van der Waals surface area contributed by atoms with E-state index >= 15 is 0 Å². The van der Waals surface area contributed by atoms with E-state index in [-0.39, 0.29) is 0 Å². The molecule has 0 saturated carbocycles. The van der Waals surface area contributed by atoms with Crippen LogP contribution in [0.5, 0.6) is 0 Å². The predicted molar refractivity (Wildman–Crippen MR) is 127 cm³/mol. The van der Waals surface area contributed by atoms with E-state index in [9.17, 15) is 8.42 Å². The van der Waals surface area contributed by atoms with E-state index in [1.807, 2.05) is 30.5 Å². The molecule has 0 fully saturated rings. The van der Waals surface area contributed by atoms with Crippen LogP contribution in [-0.4, -0.2) is 29.5 Å². The molecule has 0 radical (unpaired) electrons. The van der Waals surface area contributed by atoms with Crippen molar-refractivity contribution >= 4 is 36.4 Å². The minimum absolute atomic E-state index is 0.401. The summed E-state index contributed by atoms with van der Waals surface area (Å²) in [6, 6.07) is 15.2. The molecule has 6 heteroatoms. The molecule has 4 rings (SSSR count). The Labute approximate surface area is 175 Å². The third-order valence-corrected chi connectivity index (χ3v) is 11.7. The summed E-state index contributed by atoms with van der Waals surface area (Å²) in [5, 5.41) is 2.88. The number of fused-ring (bicyclic) bond motifs is 3. The van der Waals surface area contributed by atoms with Crippen LogP contribution in [0.15, 0.2) is 64.5 Å². The summed E-state index contributed by atoms with van der Waals surface area (Å²) in [5.74, 6) is 0. The average Bonchev–Trinajstić information content (AvgIpc) is 2.87. The lowest BCUT2D eigenvalue weighted by molar-refractivity contribution is 0.598. The molecule has 150 valence electrons. The summed E-state index contributed by atoms with van der Waals surface area (Å²) in [6.45, 7) is 14.2. The number of pyridine rings is 1.